The van der Waals surface area contributed by atoms with Crippen molar-refractivity contribution < 1.29 is 15.0 Å². The van der Waals surface area contributed by atoms with Crippen LogP contribution in [0, 0.1) is 0 Å². The van der Waals surface area contributed by atoms with Gasteiger partial charge in [-0.25, -0.2) is 0 Å². The molecule has 0 aliphatic rings. The van der Waals surface area contributed by atoms with Crippen molar-refractivity contribution in [3.63, 3.8) is 0 Å². The van der Waals surface area contributed by atoms with Gasteiger partial charge in [0.25, 0.3) is 5.91 Å². The van der Waals surface area contributed by atoms with Crippen LogP contribution in [0.25, 0.3) is 0 Å². The van der Waals surface area contributed by atoms with E-state index >= 15 is 0 Å². The van der Waals surface area contributed by atoms with Gasteiger partial charge < -0.3 is 15.5 Å². The number of hydrogen-bond donors (Lipinski definition) is 3. The van der Waals surface area contributed by atoms with Crippen molar-refractivity contribution >= 4 is 43.5 Å². The summed E-state index contributed by atoms with van der Waals surface area (Å²) in [5, 5.41) is 21.5. The molecule has 0 fully saturated rings. The lowest BCUT2D eigenvalue weighted by molar-refractivity contribution is 0.102. The highest BCUT2D eigenvalue weighted by Crippen LogP contribution is 2.32. The second-order valence-electron chi connectivity index (χ2n) is 3.75. The molecule has 0 atom stereocenters. The van der Waals surface area contributed by atoms with E-state index in [4.69, 9.17) is 0 Å². The number of carbonyl (C=O) groups excluding carboxylic acids is 1. The van der Waals surface area contributed by atoms with Gasteiger partial charge in [-0.3, -0.25) is 4.79 Å². The lowest BCUT2D eigenvalue weighted by atomic mass is 10.1. The molecule has 6 heteroatoms. The zero-order valence-electron chi connectivity index (χ0n) is 9.52. The van der Waals surface area contributed by atoms with Gasteiger partial charge in [-0.1, -0.05) is 6.07 Å². The first-order valence-electron chi connectivity index (χ1n) is 5.26. The Labute approximate surface area is 126 Å². The maximum absolute atomic E-state index is 12.1. The minimum Gasteiger partial charge on any atom is -0.508 e. The molecule has 0 unspecified atom stereocenters. The van der Waals surface area contributed by atoms with Crippen molar-refractivity contribution in [2.45, 2.75) is 0 Å². The first kappa shape index (κ1) is 13.9. The summed E-state index contributed by atoms with van der Waals surface area (Å²) in [7, 11) is 0. The SMILES string of the molecule is O=C(Nc1c(Br)cccc1Br)c1ccc(O)cc1O. The predicted octanol–water partition coefficient (Wildman–Crippen LogP) is 3.88. The Morgan fingerprint density at radius 1 is 1.05 bits per heavy atom. The molecule has 0 bridgehead atoms. The fourth-order valence-electron chi connectivity index (χ4n) is 1.51. The van der Waals surface area contributed by atoms with E-state index in [0.29, 0.717) is 14.6 Å². The molecule has 0 aromatic heterocycles. The van der Waals surface area contributed by atoms with E-state index < -0.39 is 5.91 Å². The van der Waals surface area contributed by atoms with Crippen molar-refractivity contribution in [2.24, 2.45) is 0 Å². The van der Waals surface area contributed by atoms with Gasteiger partial charge in [0.15, 0.2) is 0 Å². The van der Waals surface area contributed by atoms with Crippen LogP contribution in [0.1, 0.15) is 10.4 Å². The number of halogens is 2. The Hall–Kier alpha value is -1.53. The van der Waals surface area contributed by atoms with Gasteiger partial charge in [0.05, 0.1) is 11.3 Å². The van der Waals surface area contributed by atoms with Gasteiger partial charge in [0, 0.05) is 15.0 Å². The number of nitrogens with one attached hydrogen (secondary N) is 1. The maximum atomic E-state index is 12.1. The maximum Gasteiger partial charge on any atom is 0.259 e. The highest BCUT2D eigenvalue weighted by Gasteiger charge is 2.14. The average Bonchev–Trinajstić information content (AvgIpc) is 2.33. The summed E-state index contributed by atoms with van der Waals surface area (Å²) in [5.41, 5.74) is 0.653. The van der Waals surface area contributed by atoms with Gasteiger partial charge in [0.2, 0.25) is 0 Å². The van der Waals surface area contributed by atoms with Gasteiger partial charge in [-0.2, -0.15) is 0 Å². The molecule has 2 rings (SSSR count). The summed E-state index contributed by atoms with van der Waals surface area (Å²) in [6.07, 6.45) is 0. The number of hydrogen-bond acceptors (Lipinski definition) is 3. The van der Waals surface area contributed by atoms with E-state index in [2.05, 4.69) is 37.2 Å². The third kappa shape index (κ3) is 3.08. The summed E-state index contributed by atoms with van der Waals surface area (Å²) < 4.78 is 1.43. The molecule has 0 saturated heterocycles. The highest BCUT2D eigenvalue weighted by atomic mass is 79.9. The van der Waals surface area contributed by atoms with E-state index in [1.165, 1.54) is 12.1 Å². The third-order valence-electron chi connectivity index (χ3n) is 2.43. The summed E-state index contributed by atoms with van der Waals surface area (Å²) in [5.74, 6) is -0.845. The first-order chi connectivity index (χ1) is 8.99. The van der Waals surface area contributed by atoms with Crippen LogP contribution in [-0.4, -0.2) is 16.1 Å². The number of anilines is 1. The van der Waals surface area contributed by atoms with Gasteiger partial charge >= 0.3 is 0 Å². The molecule has 0 aliphatic carbocycles. The average molecular weight is 387 g/mol. The fraction of sp³-hybridized carbons (Fsp3) is 0. The molecule has 98 valence electrons. The lowest BCUT2D eigenvalue weighted by Gasteiger charge is -2.10. The topological polar surface area (TPSA) is 69.6 Å². The number of rotatable bonds is 2. The fourth-order valence-corrected chi connectivity index (χ4v) is 2.71. The number of aromatic hydroxyl groups is 2. The normalized spacial score (nSPS) is 10.2. The molecule has 0 saturated carbocycles. The van der Waals surface area contributed by atoms with Crippen LogP contribution >= 0.6 is 31.9 Å². The molecule has 4 nitrogen and oxygen atoms in total. The Balaban J connectivity index is 2.31. The van der Waals surface area contributed by atoms with E-state index in [-0.39, 0.29) is 17.1 Å². The zero-order valence-corrected chi connectivity index (χ0v) is 12.7. The van der Waals surface area contributed by atoms with Gasteiger partial charge in [-0.05, 0) is 56.1 Å². The molecule has 3 N–H and O–H groups in total. The quantitative estimate of drug-likeness (QED) is 0.733. The third-order valence-corrected chi connectivity index (χ3v) is 3.75. The molecule has 2 aromatic rings. The summed E-state index contributed by atoms with van der Waals surface area (Å²) in [6, 6.07) is 9.20. The van der Waals surface area contributed by atoms with Gasteiger partial charge in [0.1, 0.15) is 11.5 Å². The second-order valence-corrected chi connectivity index (χ2v) is 5.46. The molecule has 1 amide bonds. The Morgan fingerprint density at radius 2 is 1.68 bits per heavy atom. The number of carbonyl (C=O) groups is 1. The Morgan fingerprint density at radius 3 is 2.26 bits per heavy atom. The van der Waals surface area contributed by atoms with Crippen LogP contribution in [-0.2, 0) is 0 Å². The van der Waals surface area contributed by atoms with E-state index in [1.54, 1.807) is 12.1 Å². The van der Waals surface area contributed by atoms with E-state index in [1.807, 2.05) is 6.07 Å². The highest BCUT2D eigenvalue weighted by molar-refractivity contribution is 9.11. The van der Waals surface area contributed by atoms with Crippen LogP contribution < -0.4 is 5.32 Å². The van der Waals surface area contributed by atoms with Crippen LogP contribution in [0.3, 0.4) is 0 Å². The summed E-state index contributed by atoms with van der Waals surface area (Å²) in [6.45, 7) is 0. The molecule has 19 heavy (non-hydrogen) atoms. The van der Waals surface area contributed by atoms with Crippen LogP contribution in [0.4, 0.5) is 5.69 Å². The van der Waals surface area contributed by atoms with Crippen LogP contribution in [0.15, 0.2) is 45.3 Å². The van der Waals surface area contributed by atoms with Crippen molar-refractivity contribution in [1.29, 1.82) is 0 Å². The van der Waals surface area contributed by atoms with E-state index in [0.717, 1.165) is 6.07 Å². The monoisotopic (exact) mass is 385 g/mol. The van der Waals surface area contributed by atoms with Gasteiger partial charge in [-0.15, -0.1) is 0 Å². The van der Waals surface area contributed by atoms with Crippen molar-refractivity contribution in [2.75, 3.05) is 5.32 Å². The van der Waals surface area contributed by atoms with E-state index in [9.17, 15) is 15.0 Å². The number of para-hydroxylation sites is 1. The second kappa shape index (κ2) is 5.63. The van der Waals surface area contributed by atoms with Crippen molar-refractivity contribution in [1.82, 2.24) is 0 Å². The number of benzene rings is 2. The lowest BCUT2D eigenvalue weighted by Crippen LogP contribution is -2.12. The van der Waals surface area contributed by atoms with Crippen LogP contribution in [0.2, 0.25) is 0 Å². The van der Waals surface area contributed by atoms with Crippen molar-refractivity contribution in [3.05, 3.63) is 50.9 Å². The molecular weight excluding hydrogens is 378 g/mol. The summed E-state index contributed by atoms with van der Waals surface area (Å²) in [4.78, 5) is 12.1. The number of phenolic OH excluding ortho intramolecular Hbond substituents is 2. The molecule has 0 radical (unpaired) electrons. The number of amides is 1. The Bertz CT molecular complexity index is 624. The predicted molar refractivity (Wildman–Crippen MR) is 79.6 cm³/mol. The molecular formula is C13H9Br2NO3. The molecule has 0 aliphatic heterocycles. The first-order valence-corrected chi connectivity index (χ1v) is 6.85. The standard InChI is InChI=1S/C13H9Br2NO3/c14-9-2-1-3-10(15)12(9)16-13(19)8-5-4-7(17)6-11(8)18/h1-6,17-18H,(H,16,19). The van der Waals surface area contributed by atoms with Crippen LogP contribution in [0.5, 0.6) is 11.5 Å². The number of phenols is 2. The minimum absolute atomic E-state index is 0.0838. The smallest absolute Gasteiger partial charge is 0.259 e. The largest absolute Gasteiger partial charge is 0.508 e. The zero-order chi connectivity index (χ0) is 14.0. The summed E-state index contributed by atoms with van der Waals surface area (Å²) >= 11 is 6.66. The molecule has 2 aromatic carbocycles. The molecule has 0 spiro atoms. The molecule has 0 heterocycles. The minimum atomic E-state index is -0.467. The Kier molecular flexibility index (Phi) is 4.11. The van der Waals surface area contributed by atoms with Crippen molar-refractivity contribution in [3.8, 4) is 11.5 Å².